The van der Waals surface area contributed by atoms with E-state index in [1.165, 1.54) is 23.0 Å². The van der Waals surface area contributed by atoms with Crippen molar-refractivity contribution in [2.75, 3.05) is 5.75 Å². The van der Waals surface area contributed by atoms with Gasteiger partial charge in [0, 0.05) is 10.3 Å². The predicted octanol–water partition coefficient (Wildman–Crippen LogP) is 3.02. The zero-order chi connectivity index (χ0) is 17.9. The van der Waals surface area contributed by atoms with Crippen molar-refractivity contribution in [1.29, 1.82) is 0 Å². The van der Waals surface area contributed by atoms with Crippen LogP contribution in [0.1, 0.15) is 30.7 Å². The molecule has 0 radical (unpaired) electrons. The molecular formula is C16H21N3O3S2. The molecule has 1 atom stereocenters. The second kappa shape index (κ2) is 7.94. The van der Waals surface area contributed by atoms with Crippen LogP contribution in [0.4, 0.5) is 0 Å². The zero-order valence-corrected chi connectivity index (χ0v) is 15.8. The van der Waals surface area contributed by atoms with Gasteiger partial charge >= 0.3 is 5.97 Å². The highest BCUT2D eigenvalue weighted by molar-refractivity contribution is 8.00. The van der Waals surface area contributed by atoms with Crippen molar-refractivity contribution in [3.63, 3.8) is 0 Å². The van der Waals surface area contributed by atoms with Gasteiger partial charge in [-0.1, -0.05) is 25.6 Å². The lowest BCUT2D eigenvalue weighted by atomic mass is 10.0. The second-order valence-corrected chi connectivity index (χ2v) is 8.19. The van der Waals surface area contributed by atoms with Gasteiger partial charge in [0.15, 0.2) is 0 Å². The SMILES string of the molecule is Cc1sc2ncnc(SCC(=O)N[C@H](CC(C)C)C(=O)O)c2c1C. The summed E-state index contributed by atoms with van der Waals surface area (Å²) in [7, 11) is 0. The van der Waals surface area contributed by atoms with Crippen molar-refractivity contribution in [3.8, 4) is 0 Å². The number of nitrogens with one attached hydrogen (secondary N) is 1. The molecule has 0 spiro atoms. The Labute approximate surface area is 149 Å². The maximum Gasteiger partial charge on any atom is 0.326 e. The van der Waals surface area contributed by atoms with Crippen molar-refractivity contribution < 1.29 is 14.7 Å². The number of carboxylic acids is 1. The Hall–Kier alpha value is -1.67. The molecule has 130 valence electrons. The van der Waals surface area contributed by atoms with Gasteiger partial charge in [0.1, 0.15) is 22.2 Å². The van der Waals surface area contributed by atoms with Crippen LogP contribution in [0.3, 0.4) is 0 Å². The maximum atomic E-state index is 12.1. The van der Waals surface area contributed by atoms with E-state index < -0.39 is 12.0 Å². The summed E-state index contributed by atoms with van der Waals surface area (Å²) in [5, 5.41) is 13.5. The van der Waals surface area contributed by atoms with E-state index in [4.69, 9.17) is 0 Å². The lowest BCUT2D eigenvalue weighted by molar-refractivity contribution is -0.141. The molecule has 0 aliphatic rings. The van der Waals surface area contributed by atoms with E-state index in [1.807, 2.05) is 27.7 Å². The molecule has 0 aliphatic carbocycles. The van der Waals surface area contributed by atoms with E-state index >= 15 is 0 Å². The van der Waals surface area contributed by atoms with Crippen molar-refractivity contribution in [3.05, 3.63) is 16.8 Å². The Morgan fingerprint density at radius 1 is 1.33 bits per heavy atom. The molecule has 0 saturated carbocycles. The number of aryl methyl sites for hydroxylation is 2. The van der Waals surface area contributed by atoms with E-state index in [2.05, 4.69) is 15.3 Å². The average Bonchev–Trinajstić information content (AvgIpc) is 2.79. The monoisotopic (exact) mass is 367 g/mol. The number of aromatic nitrogens is 2. The quantitative estimate of drug-likeness (QED) is 0.577. The highest BCUT2D eigenvalue weighted by Gasteiger charge is 2.21. The number of fused-ring (bicyclic) bond motifs is 1. The van der Waals surface area contributed by atoms with Crippen LogP contribution in [-0.2, 0) is 9.59 Å². The number of carbonyl (C=O) groups excluding carboxylic acids is 1. The summed E-state index contributed by atoms with van der Waals surface area (Å²) in [5.74, 6) is -0.986. The Kier molecular flexibility index (Phi) is 6.17. The minimum atomic E-state index is -1.00. The Morgan fingerprint density at radius 2 is 2.04 bits per heavy atom. The number of rotatable bonds is 7. The molecule has 0 aliphatic heterocycles. The fourth-order valence-electron chi connectivity index (χ4n) is 2.32. The number of carbonyl (C=O) groups is 2. The van der Waals surface area contributed by atoms with Gasteiger partial charge in [0.05, 0.1) is 5.75 Å². The number of aliphatic carboxylic acids is 1. The third kappa shape index (κ3) is 4.45. The molecule has 0 fully saturated rings. The van der Waals surface area contributed by atoms with E-state index in [-0.39, 0.29) is 17.6 Å². The van der Waals surface area contributed by atoms with Crippen LogP contribution in [0.2, 0.25) is 0 Å². The molecule has 8 heteroatoms. The molecule has 0 unspecified atom stereocenters. The number of nitrogens with zero attached hydrogens (tertiary/aromatic N) is 2. The Bertz CT molecular complexity index is 758. The van der Waals surface area contributed by atoms with Gasteiger partial charge in [-0.25, -0.2) is 14.8 Å². The van der Waals surface area contributed by atoms with Gasteiger partial charge in [-0.15, -0.1) is 11.3 Å². The number of thioether (sulfide) groups is 1. The van der Waals surface area contributed by atoms with Crippen LogP contribution in [0.15, 0.2) is 11.4 Å². The molecule has 6 nitrogen and oxygen atoms in total. The standard InChI is InChI=1S/C16H21N3O3S2/c1-8(2)5-11(16(21)22)19-12(20)6-23-14-13-9(3)10(4)24-15(13)18-7-17-14/h7-8,11H,5-6H2,1-4H3,(H,19,20)(H,21,22)/t11-/m1/s1. The van der Waals surface area contributed by atoms with Gasteiger partial charge in [0.25, 0.3) is 0 Å². The van der Waals surface area contributed by atoms with Gasteiger partial charge in [-0.05, 0) is 31.7 Å². The van der Waals surface area contributed by atoms with Gasteiger partial charge < -0.3 is 10.4 Å². The van der Waals surface area contributed by atoms with E-state index in [9.17, 15) is 14.7 Å². The van der Waals surface area contributed by atoms with Crippen molar-refractivity contribution in [2.24, 2.45) is 5.92 Å². The Balaban J connectivity index is 2.05. The number of carboxylic acid groups (broad SMARTS) is 1. The lowest BCUT2D eigenvalue weighted by Gasteiger charge is -2.16. The van der Waals surface area contributed by atoms with E-state index in [0.29, 0.717) is 6.42 Å². The smallest absolute Gasteiger partial charge is 0.326 e. The van der Waals surface area contributed by atoms with Gasteiger partial charge in [-0.3, -0.25) is 4.79 Å². The highest BCUT2D eigenvalue weighted by Crippen LogP contribution is 2.34. The van der Waals surface area contributed by atoms with E-state index in [1.54, 1.807) is 11.3 Å². The summed E-state index contributed by atoms with van der Waals surface area (Å²) >= 11 is 2.91. The first-order chi connectivity index (χ1) is 11.3. The molecule has 1 amide bonds. The van der Waals surface area contributed by atoms with Crippen LogP contribution in [0.25, 0.3) is 10.2 Å². The Morgan fingerprint density at radius 3 is 2.67 bits per heavy atom. The second-order valence-electron chi connectivity index (χ2n) is 6.02. The maximum absolute atomic E-state index is 12.1. The van der Waals surface area contributed by atoms with E-state index in [0.717, 1.165) is 20.8 Å². The lowest BCUT2D eigenvalue weighted by Crippen LogP contribution is -2.42. The van der Waals surface area contributed by atoms with Crippen LogP contribution in [0, 0.1) is 19.8 Å². The fraction of sp³-hybridized carbons (Fsp3) is 0.500. The van der Waals surface area contributed by atoms with Gasteiger partial charge in [0.2, 0.25) is 5.91 Å². The van der Waals surface area contributed by atoms with Crippen molar-refractivity contribution in [2.45, 2.75) is 45.2 Å². The first-order valence-electron chi connectivity index (χ1n) is 7.65. The highest BCUT2D eigenvalue weighted by atomic mass is 32.2. The van der Waals surface area contributed by atoms with Crippen LogP contribution in [-0.4, -0.2) is 38.7 Å². The summed E-state index contributed by atoms with van der Waals surface area (Å²) in [6.07, 6.45) is 1.91. The molecule has 0 bridgehead atoms. The summed E-state index contributed by atoms with van der Waals surface area (Å²) < 4.78 is 0. The number of hydrogen-bond acceptors (Lipinski definition) is 6. The molecule has 2 aromatic rings. The van der Waals surface area contributed by atoms with Crippen LogP contribution in [0.5, 0.6) is 0 Å². The largest absolute Gasteiger partial charge is 0.480 e. The summed E-state index contributed by atoms with van der Waals surface area (Å²) in [6.45, 7) is 7.91. The molecule has 2 N–H and O–H groups in total. The number of hydrogen-bond donors (Lipinski definition) is 2. The average molecular weight is 367 g/mol. The number of amides is 1. The summed E-state index contributed by atoms with van der Waals surface area (Å²) in [4.78, 5) is 34.0. The first-order valence-corrected chi connectivity index (χ1v) is 9.45. The van der Waals surface area contributed by atoms with Crippen molar-refractivity contribution >= 4 is 45.2 Å². The fourth-order valence-corrected chi connectivity index (χ4v) is 4.25. The van der Waals surface area contributed by atoms with Crippen molar-refractivity contribution in [1.82, 2.24) is 15.3 Å². The molecule has 2 heterocycles. The molecule has 0 aromatic carbocycles. The van der Waals surface area contributed by atoms with Gasteiger partial charge in [-0.2, -0.15) is 0 Å². The third-order valence-corrected chi connectivity index (χ3v) is 5.72. The van der Waals surface area contributed by atoms with Crippen LogP contribution < -0.4 is 5.32 Å². The first kappa shape index (κ1) is 18.7. The predicted molar refractivity (Wildman–Crippen MR) is 96.6 cm³/mol. The number of thiophene rings is 1. The normalized spacial score (nSPS) is 12.5. The molecule has 2 rings (SSSR count). The molecule has 2 aromatic heterocycles. The third-order valence-electron chi connectivity index (χ3n) is 3.61. The topological polar surface area (TPSA) is 92.2 Å². The van der Waals surface area contributed by atoms with Crippen LogP contribution >= 0.6 is 23.1 Å². The summed E-state index contributed by atoms with van der Waals surface area (Å²) in [6, 6.07) is -0.853. The molecular weight excluding hydrogens is 346 g/mol. The minimum absolute atomic E-state index is 0.127. The molecule has 0 saturated heterocycles. The zero-order valence-electron chi connectivity index (χ0n) is 14.1. The summed E-state index contributed by atoms with van der Waals surface area (Å²) in [5.41, 5.74) is 1.13. The minimum Gasteiger partial charge on any atom is -0.480 e. The molecule has 24 heavy (non-hydrogen) atoms.